The van der Waals surface area contributed by atoms with E-state index < -0.39 is 67.3 Å². The fourth-order valence-corrected chi connectivity index (χ4v) is 7.94. The second kappa shape index (κ2) is 16.0. The van der Waals surface area contributed by atoms with Gasteiger partial charge in [0.05, 0.1) is 25.1 Å². The van der Waals surface area contributed by atoms with E-state index in [1.165, 1.54) is 31.5 Å². The van der Waals surface area contributed by atoms with E-state index in [1.54, 1.807) is 47.6 Å². The summed E-state index contributed by atoms with van der Waals surface area (Å²) in [7, 11) is -2.80. The maximum absolute atomic E-state index is 15.6. The summed E-state index contributed by atoms with van der Waals surface area (Å²) in [6, 6.07) is 14.6. The number of ether oxygens (including phenoxy) is 3. The number of carbonyl (C=O) groups excluding carboxylic acids is 3. The van der Waals surface area contributed by atoms with E-state index in [1.807, 2.05) is 49.1 Å². The van der Waals surface area contributed by atoms with Crippen molar-refractivity contribution in [3.05, 3.63) is 89.5 Å². The van der Waals surface area contributed by atoms with Crippen LogP contribution in [-0.2, 0) is 25.9 Å². The van der Waals surface area contributed by atoms with E-state index >= 15 is 4.39 Å². The number of hydrogen-bond donors (Lipinski definition) is 1. The molecule has 3 amide bonds. The Morgan fingerprint density at radius 2 is 1.55 bits per heavy atom. The maximum Gasteiger partial charge on any atom is 0.425 e. The molecule has 1 unspecified atom stereocenters. The largest absolute Gasteiger partial charge is 0.495 e. The zero-order chi connectivity index (χ0) is 39.4. The number of halogens is 1. The summed E-state index contributed by atoms with van der Waals surface area (Å²) in [5.41, 5.74) is -1.24. The number of aliphatic imine (C=N–C) groups is 1. The molecule has 13 nitrogen and oxygen atoms in total. The highest BCUT2D eigenvalue weighted by molar-refractivity contribution is 7.93. The molecule has 0 saturated carbocycles. The predicted molar refractivity (Wildman–Crippen MR) is 199 cm³/mol. The lowest BCUT2D eigenvalue weighted by molar-refractivity contribution is 0.0123. The summed E-state index contributed by atoms with van der Waals surface area (Å²) in [5, 5.41) is 2.64. The van der Waals surface area contributed by atoms with E-state index in [2.05, 4.69) is 15.3 Å². The highest BCUT2D eigenvalue weighted by atomic mass is 32.2. The Hall–Kier alpha value is -4.89. The Morgan fingerprint density at radius 1 is 0.943 bits per heavy atom. The number of sulfone groups is 1. The van der Waals surface area contributed by atoms with Crippen LogP contribution in [-0.4, -0.2) is 89.0 Å². The Labute approximate surface area is 310 Å². The summed E-state index contributed by atoms with van der Waals surface area (Å²) >= 11 is 0. The molecule has 2 aliphatic rings. The summed E-state index contributed by atoms with van der Waals surface area (Å²) in [5.74, 6) is -2.04. The van der Waals surface area contributed by atoms with Gasteiger partial charge in [-0.05, 0) is 77.4 Å². The first kappa shape index (κ1) is 40.9. The molecule has 1 fully saturated rings. The van der Waals surface area contributed by atoms with E-state index in [-0.39, 0.29) is 30.0 Å². The Bertz CT molecular complexity index is 1910. The second-order valence-electron chi connectivity index (χ2n) is 14.4. The third kappa shape index (κ3) is 9.57. The van der Waals surface area contributed by atoms with E-state index in [0.29, 0.717) is 17.2 Å². The molecule has 53 heavy (non-hydrogen) atoms. The van der Waals surface area contributed by atoms with Crippen LogP contribution in [0.4, 0.5) is 19.7 Å². The van der Waals surface area contributed by atoms with Gasteiger partial charge in [-0.15, -0.1) is 0 Å². The zero-order valence-corrected chi connectivity index (χ0v) is 32.4. The number of likely N-dealkylation sites (tertiary alicyclic amines) is 1. The third-order valence-corrected chi connectivity index (χ3v) is 10.4. The Kier molecular flexibility index (Phi) is 12.3. The topological polar surface area (TPSA) is 157 Å². The molecule has 0 radical (unpaired) electrons. The van der Waals surface area contributed by atoms with Gasteiger partial charge >= 0.3 is 12.2 Å². The molecule has 2 aliphatic heterocycles. The summed E-state index contributed by atoms with van der Waals surface area (Å²) in [4.78, 5) is 51.8. The lowest BCUT2D eigenvalue weighted by atomic mass is 9.94. The highest BCUT2D eigenvalue weighted by Gasteiger charge is 2.63. The molecule has 1 saturated heterocycles. The first-order valence-corrected chi connectivity index (χ1v) is 18.9. The first-order valence-electron chi connectivity index (χ1n) is 17.2. The molecule has 1 atom stereocenters. The summed E-state index contributed by atoms with van der Waals surface area (Å²) in [6.07, 6.45) is -1.02. The van der Waals surface area contributed by atoms with Crippen molar-refractivity contribution in [1.29, 1.82) is 0 Å². The van der Waals surface area contributed by atoms with Gasteiger partial charge in [-0.1, -0.05) is 44.2 Å². The molecule has 3 aromatic rings. The normalized spacial score (nSPS) is 17.6. The smallest absolute Gasteiger partial charge is 0.425 e. The number of amides is 3. The number of anilines is 1. The van der Waals surface area contributed by atoms with Gasteiger partial charge in [0, 0.05) is 30.9 Å². The molecular formula is C38H48FN5O8S. The van der Waals surface area contributed by atoms with E-state index in [0.717, 1.165) is 11.6 Å². The van der Waals surface area contributed by atoms with Crippen molar-refractivity contribution in [3.8, 4) is 5.75 Å². The van der Waals surface area contributed by atoms with Crippen molar-refractivity contribution in [2.24, 2.45) is 4.99 Å². The van der Waals surface area contributed by atoms with Crippen molar-refractivity contribution >= 4 is 39.5 Å². The number of aromatic nitrogens is 1. The molecule has 1 spiro atoms. The number of carbonyl (C=O) groups is 3. The number of nitrogens with zero attached hydrogens (tertiary/aromatic N) is 4. The van der Waals surface area contributed by atoms with Gasteiger partial charge in [0.1, 0.15) is 34.3 Å². The van der Waals surface area contributed by atoms with Crippen LogP contribution in [0.15, 0.2) is 71.9 Å². The molecule has 15 heteroatoms. The first-order chi connectivity index (χ1) is 24.8. The van der Waals surface area contributed by atoms with Gasteiger partial charge in [-0.2, -0.15) is 4.90 Å². The zero-order valence-electron chi connectivity index (χ0n) is 31.6. The number of hydrogen-bond acceptors (Lipinski definition) is 11. The molecule has 1 aromatic heterocycles. The molecule has 3 heterocycles. The van der Waals surface area contributed by atoms with Crippen molar-refractivity contribution in [3.63, 3.8) is 0 Å². The number of rotatable bonds is 6. The minimum atomic E-state index is -4.27. The van der Waals surface area contributed by atoms with Crippen molar-refractivity contribution in [2.75, 3.05) is 31.3 Å². The molecule has 0 aliphatic carbocycles. The van der Waals surface area contributed by atoms with Crippen LogP contribution in [0, 0.1) is 5.82 Å². The second-order valence-corrected chi connectivity index (χ2v) is 16.8. The van der Waals surface area contributed by atoms with Gasteiger partial charge < -0.3 is 19.5 Å². The number of benzene rings is 2. The molecule has 0 bridgehead atoms. The average molecular weight is 754 g/mol. The maximum atomic E-state index is 15.6. The predicted octanol–water partition coefficient (Wildman–Crippen LogP) is 6.80. The number of amidine groups is 1. The molecular weight excluding hydrogens is 706 g/mol. The Balaban J connectivity index is 0.00000308. The van der Waals surface area contributed by atoms with Crippen molar-refractivity contribution < 1.29 is 41.4 Å². The average Bonchev–Trinajstić information content (AvgIpc) is 3.05. The number of imide groups is 1. The number of pyridine rings is 1. The Morgan fingerprint density at radius 3 is 2.08 bits per heavy atom. The SMILES string of the molecule is CC.COc1ccc(C(=O)Nc2ccc(F)c(C3CS(=O)(=O)C4(CN(Cc5ccccc5)C4)C(N(C(=O)OC(C)(C)C)C(=O)OC(C)(C)C)=N3)c2)nc1. The van der Waals surface area contributed by atoms with Crippen LogP contribution in [0.2, 0.25) is 0 Å². The minimum absolute atomic E-state index is 0.0552. The number of nitrogens with one attached hydrogen (secondary N) is 1. The monoisotopic (exact) mass is 753 g/mol. The lowest BCUT2D eigenvalue weighted by Gasteiger charge is -2.52. The van der Waals surface area contributed by atoms with Gasteiger partial charge in [0.25, 0.3) is 5.91 Å². The molecule has 5 rings (SSSR count). The quantitative estimate of drug-likeness (QED) is 0.284. The third-order valence-electron chi connectivity index (χ3n) is 8.05. The van der Waals surface area contributed by atoms with Crippen LogP contribution in [0.3, 0.4) is 0 Å². The fourth-order valence-electron chi connectivity index (χ4n) is 5.77. The van der Waals surface area contributed by atoms with Gasteiger partial charge in [0.15, 0.2) is 14.6 Å². The molecule has 2 aromatic carbocycles. The van der Waals surface area contributed by atoms with Crippen LogP contribution in [0.5, 0.6) is 5.75 Å². The minimum Gasteiger partial charge on any atom is -0.495 e. The van der Waals surface area contributed by atoms with Crippen LogP contribution in [0.1, 0.15) is 83.0 Å². The van der Waals surface area contributed by atoms with Crippen LogP contribution < -0.4 is 10.1 Å². The van der Waals surface area contributed by atoms with Crippen molar-refractivity contribution in [2.45, 2.75) is 83.9 Å². The number of methoxy groups -OCH3 is 1. The fraction of sp³-hybridized carbons (Fsp3) is 0.447. The van der Waals surface area contributed by atoms with Gasteiger partial charge in [-0.25, -0.2) is 27.4 Å². The highest BCUT2D eigenvalue weighted by Crippen LogP contribution is 2.42. The summed E-state index contributed by atoms with van der Waals surface area (Å²) < 4.78 is 59.0. The van der Waals surface area contributed by atoms with Crippen molar-refractivity contribution in [1.82, 2.24) is 14.8 Å². The molecule has 1 N–H and O–H groups in total. The van der Waals surface area contributed by atoms with Crippen LogP contribution in [0.25, 0.3) is 0 Å². The molecule has 286 valence electrons. The van der Waals surface area contributed by atoms with E-state index in [4.69, 9.17) is 14.2 Å². The van der Waals surface area contributed by atoms with Gasteiger partial charge in [0.2, 0.25) is 0 Å². The van der Waals surface area contributed by atoms with E-state index in [9.17, 15) is 22.8 Å². The summed E-state index contributed by atoms with van der Waals surface area (Å²) in [6.45, 7) is 13.8. The van der Waals surface area contributed by atoms with Crippen LogP contribution >= 0.6 is 0 Å². The lowest BCUT2D eigenvalue weighted by Crippen LogP contribution is -2.75. The van der Waals surface area contributed by atoms with Gasteiger partial charge in [-0.3, -0.25) is 14.7 Å². The standard InChI is InChI=1S/C36H42FN5O8S.C2H6/c1-34(2,3)49-32(44)42(33(45)50-35(4,5)6)31-36(21-41(22-36)19-23-11-9-8-10-12-23)51(46,47)20-29(40-31)26-17-24(13-15-27(26)37)39-30(43)28-16-14-25(48-7)18-38-28;1-2/h8-18,29H,19-22H2,1-7H3,(H,39,43);1-2H3.